The summed E-state index contributed by atoms with van der Waals surface area (Å²) in [6.07, 6.45) is 3.30. The normalized spacial score (nSPS) is 17.7. The predicted octanol–water partition coefficient (Wildman–Crippen LogP) is 1.07. The van der Waals surface area contributed by atoms with Crippen LogP contribution in [0.25, 0.3) is 0 Å². The molecule has 0 aliphatic heterocycles. The molecule has 0 saturated heterocycles. The lowest BCUT2D eigenvalue weighted by Crippen LogP contribution is -2.14. The third-order valence-electron chi connectivity index (χ3n) is 2.72. The van der Waals surface area contributed by atoms with E-state index in [1.807, 2.05) is 6.07 Å². The van der Waals surface area contributed by atoms with Crippen LogP contribution in [-0.4, -0.2) is 16.5 Å². The Morgan fingerprint density at radius 2 is 2.20 bits per heavy atom. The van der Waals surface area contributed by atoms with Crippen molar-refractivity contribution in [1.82, 2.24) is 9.97 Å². The number of rotatable bonds is 4. The molecule has 82 valence electrons. The highest BCUT2D eigenvalue weighted by atomic mass is 15.0. The highest BCUT2D eigenvalue weighted by molar-refractivity contribution is 5.31. The van der Waals surface area contributed by atoms with E-state index in [0.717, 1.165) is 17.9 Å². The van der Waals surface area contributed by atoms with Gasteiger partial charge in [0.2, 0.25) is 0 Å². The van der Waals surface area contributed by atoms with E-state index in [-0.39, 0.29) is 0 Å². The van der Waals surface area contributed by atoms with Gasteiger partial charge in [0.15, 0.2) is 0 Å². The molecule has 1 heterocycles. The topological polar surface area (TPSA) is 77.8 Å². The number of nitrogens with zero attached hydrogens (tertiary/aromatic N) is 2. The van der Waals surface area contributed by atoms with E-state index in [4.69, 9.17) is 11.5 Å². The van der Waals surface area contributed by atoms with Crippen molar-refractivity contribution in [2.75, 3.05) is 12.3 Å². The molecule has 0 spiro atoms. The molecule has 1 atom stereocenters. The van der Waals surface area contributed by atoms with Crippen LogP contribution in [-0.2, 0) is 6.42 Å². The lowest BCUT2D eigenvalue weighted by atomic mass is 10.1. The van der Waals surface area contributed by atoms with Crippen LogP contribution in [0.2, 0.25) is 0 Å². The average Bonchev–Trinajstić information content (AvgIpc) is 2.99. The maximum absolute atomic E-state index is 5.76. The van der Waals surface area contributed by atoms with Crippen molar-refractivity contribution in [1.29, 1.82) is 0 Å². The molecule has 1 unspecified atom stereocenters. The molecule has 15 heavy (non-hydrogen) atoms. The van der Waals surface area contributed by atoms with Crippen LogP contribution in [0.1, 0.15) is 37.2 Å². The zero-order valence-electron chi connectivity index (χ0n) is 9.11. The SMILES string of the molecule is CC(CN)Cc1cc(N)nc(C2CC2)n1. The minimum Gasteiger partial charge on any atom is -0.384 e. The molecule has 4 N–H and O–H groups in total. The number of anilines is 1. The zero-order chi connectivity index (χ0) is 10.8. The molecule has 0 radical (unpaired) electrons. The smallest absolute Gasteiger partial charge is 0.134 e. The van der Waals surface area contributed by atoms with E-state index in [0.29, 0.717) is 24.2 Å². The van der Waals surface area contributed by atoms with Crippen LogP contribution in [0, 0.1) is 5.92 Å². The molecular formula is C11H18N4. The molecule has 0 aromatic carbocycles. The van der Waals surface area contributed by atoms with Crippen molar-refractivity contribution >= 4 is 5.82 Å². The van der Waals surface area contributed by atoms with Gasteiger partial charge < -0.3 is 11.5 Å². The van der Waals surface area contributed by atoms with Crippen molar-refractivity contribution in [3.05, 3.63) is 17.6 Å². The number of nitrogens with two attached hydrogens (primary N) is 2. The summed E-state index contributed by atoms with van der Waals surface area (Å²) in [5.41, 5.74) is 12.4. The molecule has 1 aliphatic rings. The Kier molecular flexibility index (Phi) is 2.86. The number of nitrogen functional groups attached to an aromatic ring is 1. The van der Waals surface area contributed by atoms with Gasteiger partial charge in [0.25, 0.3) is 0 Å². The van der Waals surface area contributed by atoms with Gasteiger partial charge >= 0.3 is 0 Å². The quantitative estimate of drug-likeness (QED) is 0.772. The first-order valence-electron chi connectivity index (χ1n) is 5.52. The molecule has 1 saturated carbocycles. The van der Waals surface area contributed by atoms with Gasteiger partial charge in [0, 0.05) is 17.7 Å². The second kappa shape index (κ2) is 4.14. The van der Waals surface area contributed by atoms with Gasteiger partial charge in [-0.15, -0.1) is 0 Å². The molecule has 4 nitrogen and oxygen atoms in total. The Morgan fingerprint density at radius 1 is 1.47 bits per heavy atom. The molecule has 0 bridgehead atoms. The van der Waals surface area contributed by atoms with E-state index in [9.17, 15) is 0 Å². The van der Waals surface area contributed by atoms with E-state index in [1.54, 1.807) is 0 Å². The average molecular weight is 206 g/mol. The van der Waals surface area contributed by atoms with Gasteiger partial charge in [-0.2, -0.15) is 0 Å². The molecule has 4 heteroatoms. The number of hydrogen-bond acceptors (Lipinski definition) is 4. The van der Waals surface area contributed by atoms with Crippen molar-refractivity contribution in [3.8, 4) is 0 Å². The second-order valence-corrected chi connectivity index (χ2v) is 4.46. The third-order valence-corrected chi connectivity index (χ3v) is 2.72. The highest BCUT2D eigenvalue weighted by Crippen LogP contribution is 2.38. The first kappa shape index (κ1) is 10.4. The first-order valence-corrected chi connectivity index (χ1v) is 5.52. The van der Waals surface area contributed by atoms with Crippen LogP contribution in [0.15, 0.2) is 6.07 Å². The zero-order valence-corrected chi connectivity index (χ0v) is 9.11. The summed E-state index contributed by atoms with van der Waals surface area (Å²) in [7, 11) is 0. The molecule has 1 aromatic heterocycles. The maximum Gasteiger partial charge on any atom is 0.134 e. The van der Waals surface area contributed by atoms with Crippen LogP contribution in [0.5, 0.6) is 0 Å². The predicted molar refractivity (Wildman–Crippen MR) is 60.3 cm³/mol. The molecule has 2 rings (SSSR count). The fraction of sp³-hybridized carbons (Fsp3) is 0.636. The van der Waals surface area contributed by atoms with Crippen LogP contribution >= 0.6 is 0 Å². The second-order valence-electron chi connectivity index (χ2n) is 4.46. The summed E-state index contributed by atoms with van der Waals surface area (Å²) in [4.78, 5) is 8.80. The van der Waals surface area contributed by atoms with Gasteiger partial charge in [-0.1, -0.05) is 6.92 Å². The summed E-state index contributed by atoms with van der Waals surface area (Å²) < 4.78 is 0. The van der Waals surface area contributed by atoms with Gasteiger partial charge in [-0.3, -0.25) is 0 Å². The van der Waals surface area contributed by atoms with Gasteiger partial charge in [-0.25, -0.2) is 9.97 Å². The van der Waals surface area contributed by atoms with Crippen LogP contribution in [0.4, 0.5) is 5.82 Å². The molecular weight excluding hydrogens is 188 g/mol. The molecule has 1 fully saturated rings. The Balaban J connectivity index is 2.15. The minimum absolute atomic E-state index is 0.450. The lowest BCUT2D eigenvalue weighted by Gasteiger charge is -2.09. The van der Waals surface area contributed by atoms with Crippen molar-refractivity contribution < 1.29 is 0 Å². The molecule has 1 aromatic rings. The fourth-order valence-corrected chi connectivity index (χ4v) is 1.61. The first-order chi connectivity index (χ1) is 7.19. The largest absolute Gasteiger partial charge is 0.384 e. The number of hydrogen-bond donors (Lipinski definition) is 2. The van der Waals surface area contributed by atoms with Gasteiger partial charge in [0.05, 0.1) is 0 Å². The summed E-state index contributed by atoms with van der Waals surface area (Å²) in [5, 5.41) is 0. The third kappa shape index (κ3) is 2.65. The van der Waals surface area contributed by atoms with E-state index < -0.39 is 0 Å². The standard InChI is InChI=1S/C11H18N4/c1-7(6-12)4-9-5-10(13)15-11(14-9)8-2-3-8/h5,7-8H,2-4,6,12H2,1H3,(H2,13,14,15). The van der Waals surface area contributed by atoms with Crippen molar-refractivity contribution in [2.45, 2.75) is 32.1 Å². The summed E-state index contributed by atoms with van der Waals surface area (Å²) >= 11 is 0. The monoisotopic (exact) mass is 206 g/mol. The van der Waals surface area contributed by atoms with Gasteiger partial charge in [0.1, 0.15) is 11.6 Å². The summed E-state index contributed by atoms with van der Waals surface area (Å²) in [5.74, 6) is 2.52. The van der Waals surface area contributed by atoms with E-state index in [2.05, 4.69) is 16.9 Å². The number of aromatic nitrogens is 2. The Bertz CT molecular complexity index is 346. The summed E-state index contributed by atoms with van der Waals surface area (Å²) in [6.45, 7) is 2.80. The van der Waals surface area contributed by atoms with Gasteiger partial charge in [-0.05, 0) is 31.7 Å². The van der Waals surface area contributed by atoms with Crippen molar-refractivity contribution in [2.24, 2.45) is 11.7 Å². The summed E-state index contributed by atoms with van der Waals surface area (Å²) in [6, 6.07) is 1.86. The molecule has 1 aliphatic carbocycles. The minimum atomic E-state index is 0.450. The Morgan fingerprint density at radius 3 is 2.80 bits per heavy atom. The van der Waals surface area contributed by atoms with E-state index >= 15 is 0 Å². The fourth-order valence-electron chi connectivity index (χ4n) is 1.61. The van der Waals surface area contributed by atoms with Crippen molar-refractivity contribution in [3.63, 3.8) is 0 Å². The van der Waals surface area contributed by atoms with E-state index in [1.165, 1.54) is 12.8 Å². The Hall–Kier alpha value is -1.16. The molecule has 0 amide bonds. The maximum atomic E-state index is 5.76. The highest BCUT2D eigenvalue weighted by Gasteiger charge is 2.27. The van der Waals surface area contributed by atoms with Crippen LogP contribution < -0.4 is 11.5 Å². The van der Waals surface area contributed by atoms with Crippen LogP contribution in [0.3, 0.4) is 0 Å². The Labute approximate surface area is 90.1 Å². The lowest BCUT2D eigenvalue weighted by molar-refractivity contribution is 0.581.